The monoisotopic (exact) mass is 349 g/mol. The van der Waals surface area contributed by atoms with Gasteiger partial charge in [-0.1, -0.05) is 6.07 Å². The first-order valence-electron chi connectivity index (χ1n) is 7.13. The molecule has 1 heterocycles. The second-order valence-electron chi connectivity index (χ2n) is 4.85. The predicted octanol–water partition coefficient (Wildman–Crippen LogP) is -1.46. The number of benzene rings is 1. The number of halogens is 1. The fraction of sp³-hybridized carbons (Fsp3) is 0.235. The quantitative estimate of drug-likeness (QED) is 0.394. The summed E-state index contributed by atoms with van der Waals surface area (Å²) in [6.07, 6.45) is 3.65. The minimum Gasteiger partial charge on any atom is -1.00 e. The van der Waals surface area contributed by atoms with E-state index in [1.807, 2.05) is 49.6 Å². The maximum absolute atomic E-state index is 11.9. The molecule has 0 bridgehead atoms. The molecule has 0 spiro atoms. The Bertz CT molecular complexity index is 705. The fourth-order valence-corrected chi connectivity index (χ4v) is 2.01. The van der Waals surface area contributed by atoms with Crippen molar-refractivity contribution in [2.75, 3.05) is 14.2 Å². The first kappa shape index (κ1) is 19.4. The van der Waals surface area contributed by atoms with Crippen molar-refractivity contribution in [1.29, 1.82) is 0 Å². The summed E-state index contributed by atoms with van der Waals surface area (Å²) in [6, 6.07) is 11.1. The van der Waals surface area contributed by atoms with E-state index in [2.05, 4.69) is 10.5 Å². The summed E-state index contributed by atoms with van der Waals surface area (Å²) in [5.41, 5.74) is 4.07. The number of amides is 1. The maximum Gasteiger partial charge on any atom is 0.305 e. The van der Waals surface area contributed by atoms with Crippen molar-refractivity contribution in [3.05, 3.63) is 54.4 Å². The van der Waals surface area contributed by atoms with Crippen molar-refractivity contribution in [1.82, 2.24) is 5.43 Å². The Morgan fingerprint density at radius 3 is 2.42 bits per heavy atom. The summed E-state index contributed by atoms with van der Waals surface area (Å²) in [4.78, 5) is 11.9. The summed E-state index contributed by atoms with van der Waals surface area (Å²) in [5.74, 6) is 1.07. The molecule has 0 saturated carbocycles. The molecule has 1 N–H and O–H groups in total. The Morgan fingerprint density at radius 2 is 1.79 bits per heavy atom. The van der Waals surface area contributed by atoms with E-state index >= 15 is 0 Å². The van der Waals surface area contributed by atoms with E-state index in [1.165, 1.54) is 0 Å². The van der Waals surface area contributed by atoms with E-state index in [0.29, 0.717) is 17.2 Å². The van der Waals surface area contributed by atoms with E-state index in [1.54, 1.807) is 24.9 Å². The van der Waals surface area contributed by atoms with E-state index in [9.17, 15) is 4.79 Å². The summed E-state index contributed by atoms with van der Waals surface area (Å²) < 4.78 is 12.2. The molecule has 6 nitrogen and oxygen atoms in total. The van der Waals surface area contributed by atoms with Crippen LogP contribution < -0.4 is 31.9 Å². The zero-order valence-corrected chi connectivity index (χ0v) is 14.6. The first-order chi connectivity index (χ1) is 11.1. The number of ether oxygens (including phenoxy) is 2. The van der Waals surface area contributed by atoms with Crippen LogP contribution in [0.25, 0.3) is 0 Å². The number of hydrogen-bond donors (Lipinski definition) is 1. The lowest BCUT2D eigenvalue weighted by Crippen LogP contribution is -3.00. The molecule has 1 aromatic heterocycles. The lowest BCUT2D eigenvalue weighted by molar-refractivity contribution is -0.684. The van der Waals surface area contributed by atoms with Crippen LogP contribution in [0, 0.1) is 0 Å². The molecular weight excluding hydrogens is 330 g/mol. The second-order valence-corrected chi connectivity index (χ2v) is 4.85. The number of hydrazone groups is 1. The van der Waals surface area contributed by atoms with Gasteiger partial charge in [0.1, 0.15) is 0 Å². The molecular formula is C17H20ClN3O3. The largest absolute Gasteiger partial charge is 1.00 e. The van der Waals surface area contributed by atoms with Crippen molar-refractivity contribution >= 4 is 11.6 Å². The molecule has 7 heteroatoms. The third-order valence-corrected chi connectivity index (χ3v) is 3.25. The van der Waals surface area contributed by atoms with Crippen LogP contribution in [0.4, 0.5) is 0 Å². The minimum atomic E-state index is -0.193. The Labute approximate surface area is 147 Å². The Morgan fingerprint density at radius 1 is 1.12 bits per heavy atom. The van der Waals surface area contributed by atoms with Crippen LogP contribution in [0.2, 0.25) is 0 Å². The molecule has 0 atom stereocenters. The number of methoxy groups -OCH3 is 2. The Kier molecular flexibility index (Phi) is 7.71. The number of rotatable bonds is 6. The number of carbonyl (C=O) groups excluding carboxylic acids is 1. The van der Waals surface area contributed by atoms with Crippen molar-refractivity contribution in [2.24, 2.45) is 5.10 Å². The fourth-order valence-electron chi connectivity index (χ4n) is 2.01. The van der Waals surface area contributed by atoms with Crippen LogP contribution in [0.3, 0.4) is 0 Å². The predicted molar refractivity (Wildman–Crippen MR) is 86.5 cm³/mol. The van der Waals surface area contributed by atoms with E-state index in [-0.39, 0.29) is 24.9 Å². The highest BCUT2D eigenvalue weighted by Crippen LogP contribution is 2.27. The average molecular weight is 350 g/mol. The maximum atomic E-state index is 11.9. The molecule has 0 aliphatic heterocycles. The zero-order chi connectivity index (χ0) is 16.7. The third kappa shape index (κ3) is 5.24. The van der Waals surface area contributed by atoms with Gasteiger partial charge < -0.3 is 21.9 Å². The molecule has 2 aromatic rings. The summed E-state index contributed by atoms with van der Waals surface area (Å²) in [7, 11) is 3.16. The van der Waals surface area contributed by atoms with Gasteiger partial charge in [-0.15, -0.1) is 0 Å². The highest BCUT2D eigenvalue weighted by atomic mass is 35.5. The van der Waals surface area contributed by atoms with Gasteiger partial charge in [0.25, 0.3) is 0 Å². The van der Waals surface area contributed by atoms with Gasteiger partial charge in [-0.3, -0.25) is 4.79 Å². The molecule has 24 heavy (non-hydrogen) atoms. The highest BCUT2D eigenvalue weighted by molar-refractivity contribution is 5.99. The van der Waals surface area contributed by atoms with Gasteiger partial charge in [-0.05, 0) is 25.1 Å². The molecule has 0 fully saturated rings. The van der Waals surface area contributed by atoms with Gasteiger partial charge in [0.05, 0.1) is 19.9 Å². The van der Waals surface area contributed by atoms with E-state index in [4.69, 9.17) is 9.47 Å². The number of nitrogens with zero attached hydrogens (tertiary/aromatic N) is 2. The van der Waals surface area contributed by atoms with Crippen LogP contribution >= 0.6 is 0 Å². The van der Waals surface area contributed by atoms with Crippen LogP contribution in [0.5, 0.6) is 11.5 Å². The standard InChI is InChI=1S/C17H19N3O3.ClH/c1-13(14-7-8-15(22-2)16(11-14)23-3)18-19-17(21)12-20-9-5-4-6-10-20;/h4-11H,12H2,1-3H3;1H/b18-13-;. The highest BCUT2D eigenvalue weighted by Gasteiger charge is 2.09. The van der Waals surface area contributed by atoms with Gasteiger partial charge in [0.15, 0.2) is 23.9 Å². The van der Waals surface area contributed by atoms with Crippen molar-refractivity contribution in [2.45, 2.75) is 13.5 Å². The number of aromatic nitrogens is 1. The first-order valence-corrected chi connectivity index (χ1v) is 7.13. The smallest absolute Gasteiger partial charge is 0.305 e. The Balaban J connectivity index is 0.00000288. The lowest BCUT2D eigenvalue weighted by Gasteiger charge is -2.09. The molecule has 2 rings (SSSR count). The average Bonchev–Trinajstić information content (AvgIpc) is 2.59. The summed E-state index contributed by atoms with van der Waals surface area (Å²) in [5, 5.41) is 4.13. The number of hydrogen-bond acceptors (Lipinski definition) is 4. The molecule has 1 aromatic carbocycles. The zero-order valence-electron chi connectivity index (χ0n) is 13.8. The second kappa shape index (κ2) is 9.52. The molecule has 0 radical (unpaired) electrons. The molecule has 0 aliphatic carbocycles. The van der Waals surface area contributed by atoms with Crippen molar-refractivity contribution < 1.29 is 31.2 Å². The van der Waals surface area contributed by atoms with Crippen LogP contribution in [-0.4, -0.2) is 25.8 Å². The topological polar surface area (TPSA) is 63.8 Å². The molecule has 128 valence electrons. The normalized spacial score (nSPS) is 10.5. The van der Waals surface area contributed by atoms with Gasteiger partial charge in [0.2, 0.25) is 6.54 Å². The van der Waals surface area contributed by atoms with E-state index in [0.717, 1.165) is 5.56 Å². The van der Waals surface area contributed by atoms with Gasteiger partial charge >= 0.3 is 5.91 Å². The Hall–Kier alpha value is -2.60. The molecule has 0 aliphatic rings. The van der Waals surface area contributed by atoms with Gasteiger partial charge in [0, 0.05) is 17.7 Å². The van der Waals surface area contributed by atoms with Gasteiger partial charge in [-0.25, -0.2) is 5.43 Å². The van der Waals surface area contributed by atoms with E-state index < -0.39 is 0 Å². The van der Waals surface area contributed by atoms with Crippen molar-refractivity contribution in [3.8, 4) is 11.5 Å². The molecule has 0 unspecified atom stereocenters. The SMILES string of the molecule is COc1ccc(/C(C)=N\NC(=O)C[n+]2ccccc2)cc1OC.[Cl-]. The number of pyridine rings is 1. The number of nitrogens with one attached hydrogen (secondary N) is 1. The van der Waals surface area contributed by atoms with Gasteiger partial charge in [-0.2, -0.15) is 9.67 Å². The van der Waals surface area contributed by atoms with Crippen LogP contribution in [-0.2, 0) is 11.3 Å². The third-order valence-electron chi connectivity index (χ3n) is 3.25. The molecule has 1 amide bonds. The lowest BCUT2D eigenvalue weighted by atomic mass is 10.1. The van der Waals surface area contributed by atoms with Crippen LogP contribution in [0.15, 0.2) is 53.9 Å². The minimum absolute atomic E-state index is 0. The number of carbonyl (C=O) groups is 1. The molecule has 0 saturated heterocycles. The van der Waals surface area contributed by atoms with Crippen LogP contribution in [0.1, 0.15) is 12.5 Å². The van der Waals surface area contributed by atoms with Crippen molar-refractivity contribution in [3.63, 3.8) is 0 Å². The summed E-state index contributed by atoms with van der Waals surface area (Å²) in [6.45, 7) is 2.03. The summed E-state index contributed by atoms with van der Waals surface area (Å²) >= 11 is 0.